The van der Waals surface area contributed by atoms with Crippen molar-refractivity contribution in [2.45, 2.75) is 13.8 Å². The maximum atomic E-state index is 11.9. The van der Waals surface area contributed by atoms with E-state index in [2.05, 4.69) is 10.2 Å². The van der Waals surface area contributed by atoms with Crippen molar-refractivity contribution in [3.05, 3.63) is 23.8 Å². The second-order valence-electron chi connectivity index (χ2n) is 3.33. The van der Waals surface area contributed by atoms with E-state index in [1.54, 1.807) is 0 Å². The number of hydrogen-bond acceptors (Lipinski definition) is 1. The summed E-state index contributed by atoms with van der Waals surface area (Å²) in [6.07, 6.45) is 0.626. The molecule has 3 nitrogen and oxygen atoms in total. The molecular weight excluding hydrogens is 183 g/mol. The second-order valence-corrected chi connectivity index (χ2v) is 5.89. The standard InChI is InChI=1S/C9H13N2OP/c1-3-13(12)10-8-5-4-7(2)6-9(8)11-13/h4-6H,3H2,1-2H3,(H2,10,11,12)/t13-/m0/s1. The monoisotopic (exact) mass is 196 g/mol. The lowest BCUT2D eigenvalue weighted by molar-refractivity contribution is 0.583. The van der Waals surface area contributed by atoms with Gasteiger partial charge in [0.15, 0.2) is 0 Å². The Morgan fingerprint density at radius 2 is 2.00 bits per heavy atom. The van der Waals surface area contributed by atoms with Gasteiger partial charge in [-0.05, 0) is 24.6 Å². The Morgan fingerprint density at radius 1 is 1.31 bits per heavy atom. The average Bonchev–Trinajstić information content (AvgIpc) is 2.42. The molecule has 1 aromatic carbocycles. The van der Waals surface area contributed by atoms with Crippen LogP contribution in [0.25, 0.3) is 0 Å². The lowest BCUT2D eigenvalue weighted by atomic mass is 10.2. The van der Waals surface area contributed by atoms with Crippen molar-refractivity contribution in [1.82, 2.24) is 0 Å². The van der Waals surface area contributed by atoms with Crippen molar-refractivity contribution in [3.8, 4) is 0 Å². The molecule has 1 aliphatic rings. The van der Waals surface area contributed by atoms with Gasteiger partial charge in [0.05, 0.1) is 11.4 Å². The predicted molar refractivity (Wildman–Crippen MR) is 56.6 cm³/mol. The van der Waals surface area contributed by atoms with E-state index in [4.69, 9.17) is 0 Å². The van der Waals surface area contributed by atoms with E-state index in [9.17, 15) is 4.57 Å². The third-order valence-corrected chi connectivity index (χ3v) is 4.32. The van der Waals surface area contributed by atoms with Gasteiger partial charge in [0.1, 0.15) is 0 Å². The topological polar surface area (TPSA) is 41.1 Å². The summed E-state index contributed by atoms with van der Waals surface area (Å²) in [5.41, 5.74) is 3.10. The lowest BCUT2D eigenvalue weighted by Crippen LogP contribution is -1.97. The molecule has 0 saturated carbocycles. The fourth-order valence-corrected chi connectivity index (χ4v) is 2.95. The molecule has 0 radical (unpaired) electrons. The molecule has 0 unspecified atom stereocenters. The summed E-state index contributed by atoms with van der Waals surface area (Å²) < 4.78 is 11.9. The summed E-state index contributed by atoms with van der Waals surface area (Å²) in [6, 6.07) is 5.99. The molecule has 0 bridgehead atoms. The van der Waals surface area contributed by atoms with Crippen LogP contribution in [0.2, 0.25) is 0 Å². The Hall–Kier alpha value is -0.950. The van der Waals surface area contributed by atoms with E-state index < -0.39 is 7.44 Å². The Morgan fingerprint density at radius 3 is 2.69 bits per heavy atom. The van der Waals surface area contributed by atoms with Gasteiger partial charge in [-0.15, -0.1) is 0 Å². The number of nitrogens with one attached hydrogen (secondary N) is 2. The van der Waals surface area contributed by atoms with Crippen LogP contribution in [0.4, 0.5) is 11.4 Å². The molecule has 0 saturated heterocycles. The number of fused-ring (bicyclic) bond motifs is 1. The Kier molecular flexibility index (Phi) is 1.85. The molecule has 70 valence electrons. The number of benzene rings is 1. The molecule has 1 heterocycles. The zero-order valence-electron chi connectivity index (χ0n) is 7.79. The summed E-state index contributed by atoms with van der Waals surface area (Å²) >= 11 is 0. The van der Waals surface area contributed by atoms with E-state index in [-0.39, 0.29) is 0 Å². The van der Waals surface area contributed by atoms with Gasteiger partial charge < -0.3 is 10.2 Å². The fraction of sp³-hybridized carbons (Fsp3) is 0.333. The van der Waals surface area contributed by atoms with Gasteiger partial charge in [-0.3, -0.25) is 4.57 Å². The van der Waals surface area contributed by atoms with Gasteiger partial charge in [-0.1, -0.05) is 13.0 Å². The first-order chi connectivity index (χ1) is 6.13. The van der Waals surface area contributed by atoms with Crippen molar-refractivity contribution >= 4 is 18.8 Å². The molecule has 4 heteroatoms. The van der Waals surface area contributed by atoms with Crippen LogP contribution in [0.5, 0.6) is 0 Å². The van der Waals surface area contributed by atoms with Crippen LogP contribution in [-0.4, -0.2) is 6.16 Å². The highest BCUT2D eigenvalue weighted by atomic mass is 31.2. The SMILES string of the molecule is CC[P@]1(=O)Nc2ccc(C)cc2N1. The zero-order chi connectivity index (χ0) is 9.47. The molecule has 13 heavy (non-hydrogen) atoms. The molecule has 1 aromatic rings. The van der Waals surface area contributed by atoms with Gasteiger partial charge in [0, 0.05) is 6.16 Å². The normalized spacial score (nSPS) is 24.8. The summed E-state index contributed by atoms with van der Waals surface area (Å²) in [6.45, 7) is 3.94. The lowest BCUT2D eigenvalue weighted by Gasteiger charge is -2.08. The minimum absolute atomic E-state index is 0.626. The van der Waals surface area contributed by atoms with Crippen LogP contribution in [0, 0.1) is 6.92 Å². The Labute approximate surface area is 78.0 Å². The second kappa shape index (κ2) is 2.78. The first-order valence-corrected chi connectivity index (χ1v) is 6.28. The molecule has 0 spiro atoms. The predicted octanol–water partition coefficient (Wildman–Crippen LogP) is 3.05. The van der Waals surface area contributed by atoms with Crippen LogP contribution in [-0.2, 0) is 4.57 Å². The number of rotatable bonds is 1. The zero-order valence-corrected chi connectivity index (χ0v) is 8.69. The van der Waals surface area contributed by atoms with E-state index in [0.29, 0.717) is 6.16 Å². The summed E-state index contributed by atoms with van der Waals surface area (Å²) in [4.78, 5) is 0. The van der Waals surface area contributed by atoms with Gasteiger partial charge in [-0.25, -0.2) is 0 Å². The van der Waals surface area contributed by atoms with Gasteiger partial charge in [0.25, 0.3) is 7.44 Å². The molecule has 0 aliphatic carbocycles. The summed E-state index contributed by atoms with van der Waals surface area (Å²) in [5, 5.41) is 6.08. The van der Waals surface area contributed by atoms with Crippen LogP contribution in [0.15, 0.2) is 18.2 Å². The van der Waals surface area contributed by atoms with Gasteiger partial charge >= 0.3 is 0 Å². The van der Waals surface area contributed by atoms with Gasteiger partial charge in [-0.2, -0.15) is 0 Å². The summed E-state index contributed by atoms with van der Waals surface area (Å²) in [5.74, 6) is 0. The minimum atomic E-state index is -2.35. The van der Waals surface area contributed by atoms with E-state index >= 15 is 0 Å². The minimum Gasteiger partial charge on any atom is -0.319 e. The highest BCUT2D eigenvalue weighted by Gasteiger charge is 2.27. The van der Waals surface area contributed by atoms with Gasteiger partial charge in [0.2, 0.25) is 0 Å². The highest BCUT2D eigenvalue weighted by Crippen LogP contribution is 2.53. The maximum Gasteiger partial charge on any atom is 0.257 e. The molecule has 2 rings (SSSR count). The average molecular weight is 196 g/mol. The Balaban J connectivity index is 2.41. The third kappa shape index (κ3) is 1.44. The van der Waals surface area contributed by atoms with Crippen molar-refractivity contribution in [3.63, 3.8) is 0 Å². The quantitative estimate of drug-likeness (QED) is 0.678. The van der Waals surface area contributed by atoms with Crippen molar-refractivity contribution in [2.24, 2.45) is 0 Å². The first-order valence-electron chi connectivity index (χ1n) is 4.39. The van der Waals surface area contributed by atoms with Crippen LogP contribution in [0.1, 0.15) is 12.5 Å². The fourth-order valence-electron chi connectivity index (χ4n) is 1.42. The molecular formula is C9H13N2OP. The highest BCUT2D eigenvalue weighted by molar-refractivity contribution is 7.67. The molecule has 0 aromatic heterocycles. The number of hydrogen-bond donors (Lipinski definition) is 2. The largest absolute Gasteiger partial charge is 0.319 e. The molecule has 2 N–H and O–H groups in total. The molecule has 0 fully saturated rings. The molecule has 1 aliphatic heterocycles. The Bertz CT molecular complexity index is 389. The van der Waals surface area contributed by atoms with Crippen LogP contribution in [0.3, 0.4) is 0 Å². The van der Waals surface area contributed by atoms with E-state index in [0.717, 1.165) is 11.4 Å². The van der Waals surface area contributed by atoms with Crippen LogP contribution >= 0.6 is 7.44 Å². The number of aryl methyl sites for hydroxylation is 1. The van der Waals surface area contributed by atoms with Crippen molar-refractivity contribution in [1.29, 1.82) is 0 Å². The molecule has 1 atom stereocenters. The molecule has 0 amide bonds. The summed E-state index contributed by atoms with van der Waals surface area (Å²) in [7, 11) is -2.35. The third-order valence-electron chi connectivity index (χ3n) is 2.22. The number of anilines is 2. The van der Waals surface area contributed by atoms with Crippen molar-refractivity contribution < 1.29 is 4.57 Å². The first kappa shape index (κ1) is 8.64. The van der Waals surface area contributed by atoms with Crippen molar-refractivity contribution in [2.75, 3.05) is 16.3 Å². The smallest absolute Gasteiger partial charge is 0.257 e. The van der Waals surface area contributed by atoms with E-state index in [1.807, 2.05) is 32.0 Å². The maximum absolute atomic E-state index is 11.9. The van der Waals surface area contributed by atoms with Crippen LogP contribution < -0.4 is 10.2 Å². The van der Waals surface area contributed by atoms with E-state index in [1.165, 1.54) is 5.56 Å².